The topological polar surface area (TPSA) is 52.0 Å². The van der Waals surface area contributed by atoms with Crippen LogP contribution in [0.4, 0.5) is 5.69 Å². The smallest absolute Gasteiger partial charge is 0 e. The van der Waals surface area contributed by atoms with Gasteiger partial charge in [0, 0.05) is 40.8 Å². The number of halogens is 1. The van der Waals surface area contributed by atoms with Gasteiger partial charge in [-0.2, -0.15) is 12.1 Å². The van der Waals surface area contributed by atoms with Gasteiger partial charge in [0.2, 0.25) is 0 Å². The molecule has 154 valence electrons. The summed E-state index contributed by atoms with van der Waals surface area (Å²) in [4.78, 5) is 0. The molecule has 0 saturated heterocycles. The zero-order chi connectivity index (χ0) is 20.7. The number of nitrogen functional groups attached to an aromatic ring is 1. The third-order valence-corrected chi connectivity index (χ3v) is 4.69. The minimum atomic E-state index is 0. The van der Waals surface area contributed by atoms with Crippen LogP contribution in [0.15, 0.2) is 55.6 Å². The standard InChI is InChI=1S/C15H22.C6H5ClN.C2H4.CH5N.Nd/c1-12(2)13-8-10-15(11-9-13)14-6-4-3-5-7-14;7-5-2-1-3-6(8)4-5;2*1-2;/h8-12,14H,3-7H2,1-2H3;1,3-4H,8H2;1-2H2;2H2,1H3;/q;-1;;;. The fourth-order valence-corrected chi connectivity index (χ4v) is 3.23. The molecule has 0 radical (unpaired) electrons. The Labute approximate surface area is 210 Å². The largest absolute Gasteiger partial charge is 0.419 e. The minimum Gasteiger partial charge on any atom is -0.419 e. The molecule has 28 heavy (non-hydrogen) atoms. The fourth-order valence-electron chi connectivity index (χ4n) is 3.04. The Morgan fingerprint density at radius 3 is 1.93 bits per heavy atom. The zero-order valence-electron chi connectivity index (χ0n) is 17.7. The quantitative estimate of drug-likeness (QED) is 0.250. The monoisotopic (exact) mass is 529 g/mol. The van der Waals surface area contributed by atoms with Crippen LogP contribution in [-0.2, 0) is 0 Å². The molecule has 2 nitrogen and oxygen atoms in total. The van der Waals surface area contributed by atoms with Crippen molar-refractivity contribution in [1.29, 1.82) is 0 Å². The van der Waals surface area contributed by atoms with Crippen molar-refractivity contribution in [3.63, 3.8) is 0 Å². The van der Waals surface area contributed by atoms with E-state index in [0.717, 1.165) is 5.92 Å². The van der Waals surface area contributed by atoms with E-state index in [1.807, 2.05) is 0 Å². The molecule has 1 aliphatic rings. The predicted octanol–water partition coefficient (Wildman–Crippen LogP) is 6.96. The second-order valence-electron chi connectivity index (χ2n) is 6.63. The van der Waals surface area contributed by atoms with E-state index in [0.29, 0.717) is 16.6 Å². The van der Waals surface area contributed by atoms with Gasteiger partial charge in [-0.1, -0.05) is 68.1 Å². The summed E-state index contributed by atoms with van der Waals surface area (Å²) in [5.41, 5.74) is 13.6. The third-order valence-electron chi connectivity index (χ3n) is 4.47. The van der Waals surface area contributed by atoms with Gasteiger partial charge in [-0.25, -0.2) is 0 Å². The molecule has 0 aliphatic heterocycles. The maximum absolute atomic E-state index is 5.51. The van der Waals surface area contributed by atoms with E-state index in [2.05, 4.69) is 63.1 Å². The first kappa shape index (κ1) is 29.8. The van der Waals surface area contributed by atoms with Gasteiger partial charge in [0.25, 0.3) is 0 Å². The van der Waals surface area contributed by atoms with E-state index in [4.69, 9.17) is 17.3 Å². The minimum absolute atomic E-state index is 0. The number of hydrogen-bond donors (Lipinski definition) is 2. The van der Waals surface area contributed by atoms with Crippen molar-refractivity contribution < 1.29 is 40.8 Å². The molecular formula is C24H36ClN2Nd-. The van der Waals surface area contributed by atoms with Crippen LogP contribution in [0.2, 0.25) is 5.02 Å². The molecule has 1 saturated carbocycles. The summed E-state index contributed by atoms with van der Waals surface area (Å²) in [7, 11) is 1.50. The number of anilines is 1. The van der Waals surface area contributed by atoms with E-state index >= 15 is 0 Å². The molecule has 0 atom stereocenters. The average molecular weight is 532 g/mol. The van der Waals surface area contributed by atoms with Gasteiger partial charge in [-0.05, 0) is 42.9 Å². The molecule has 4 N–H and O–H groups in total. The van der Waals surface area contributed by atoms with Crippen LogP contribution in [0.25, 0.3) is 0 Å². The van der Waals surface area contributed by atoms with E-state index in [9.17, 15) is 0 Å². The second kappa shape index (κ2) is 18.6. The van der Waals surface area contributed by atoms with Gasteiger partial charge in [0.15, 0.2) is 0 Å². The van der Waals surface area contributed by atoms with Crippen LogP contribution < -0.4 is 11.5 Å². The summed E-state index contributed by atoms with van der Waals surface area (Å²) >= 11 is 5.51. The van der Waals surface area contributed by atoms with Gasteiger partial charge in [-0.3, -0.25) is 0 Å². The normalized spacial score (nSPS) is 12.8. The van der Waals surface area contributed by atoms with E-state index in [1.54, 1.807) is 23.8 Å². The molecule has 0 aromatic heterocycles. The van der Waals surface area contributed by atoms with Crippen molar-refractivity contribution in [2.24, 2.45) is 5.73 Å². The summed E-state index contributed by atoms with van der Waals surface area (Å²) in [6.45, 7) is 10.5. The van der Waals surface area contributed by atoms with Crippen LogP contribution in [0.5, 0.6) is 0 Å². The number of benzene rings is 2. The summed E-state index contributed by atoms with van der Waals surface area (Å²) < 4.78 is 0. The average Bonchev–Trinajstić information content (AvgIpc) is 2.72. The molecule has 2 aromatic rings. The number of hydrogen-bond acceptors (Lipinski definition) is 2. The summed E-state index contributed by atoms with van der Waals surface area (Å²) in [5.74, 6) is 1.50. The van der Waals surface area contributed by atoms with Gasteiger partial charge < -0.3 is 11.5 Å². The first-order valence-corrected chi connectivity index (χ1v) is 10.0. The van der Waals surface area contributed by atoms with Crippen molar-refractivity contribution >= 4 is 17.3 Å². The summed E-state index contributed by atoms with van der Waals surface area (Å²) in [6, 6.07) is 17.2. The Morgan fingerprint density at radius 1 is 1.00 bits per heavy atom. The fraction of sp³-hybridized carbons (Fsp3) is 0.417. The SMILES string of the molecule is C=C.CC(C)c1ccc(C2CCCCC2)cc1.CN.Nc1cc[c-]c(Cl)c1.[Nd]. The maximum Gasteiger partial charge on any atom is 0 e. The van der Waals surface area contributed by atoms with Gasteiger partial charge in [0.05, 0.1) is 0 Å². The van der Waals surface area contributed by atoms with Crippen molar-refractivity contribution in [2.45, 2.75) is 57.8 Å². The number of nitrogens with two attached hydrogens (primary N) is 2. The Morgan fingerprint density at radius 2 is 1.54 bits per heavy atom. The predicted molar refractivity (Wildman–Crippen MR) is 122 cm³/mol. The van der Waals surface area contributed by atoms with Crippen LogP contribution in [0.3, 0.4) is 0 Å². The van der Waals surface area contributed by atoms with E-state index < -0.39 is 0 Å². The van der Waals surface area contributed by atoms with Crippen LogP contribution >= 0.6 is 11.6 Å². The Kier molecular flexibility index (Phi) is 19.8. The van der Waals surface area contributed by atoms with Crippen molar-refractivity contribution in [1.82, 2.24) is 0 Å². The summed E-state index contributed by atoms with van der Waals surface area (Å²) in [5, 5.41) is 0.560. The molecule has 4 heteroatoms. The molecular weight excluding hydrogens is 496 g/mol. The Hall–Kier alpha value is -0.419. The first-order chi connectivity index (χ1) is 13.1. The van der Waals surface area contributed by atoms with Crippen LogP contribution in [0, 0.1) is 46.9 Å². The molecule has 3 rings (SSSR count). The molecule has 1 fully saturated rings. The molecule has 0 heterocycles. The van der Waals surface area contributed by atoms with E-state index in [1.165, 1.54) is 44.7 Å². The van der Waals surface area contributed by atoms with Crippen molar-refractivity contribution in [2.75, 3.05) is 12.8 Å². The number of rotatable bonds is 2. The molecule has 0 amide bonds. The van der Waals surface area contributed by atoms with Gasteiger partial charge in [0.1, 0.15) is 0 Å². The molecule has 0 unspecified atom stereocenters. The molecule has 0 spiro atoms. The summed E-state index contributed by atoms with van der Waals surface area (Å²) in [6.07, 6.45) is 7.11. The molecule has 1 aliphatic carbocycles. The van der Waals surface area contributed by atoms with Gasteiger partial charge in [-0.15, -0.1) is 36.9 Å². The zero-order valence-corrected chi connectivity index (χ0v) is 21.6. The van der Waals surface area contributed by atoms with Crippen molar-refractivity contribution in [3.8, 4) is 0 Å². The Balaban J connectivity index is 0. The van der Waals surface area contributed by atoms with Crippen LogP contribution in [-0.4, -0.2) is 7.05 Å². The third kappa shape index (κ3) is 12.2. The van der Waals surface area contributed by atoms with Crippen LogP contribution in [0.1, 0.15) is 68.9 Å². The maximum atomic E-state index is 5.51. The van der Waals surface area contributed by atoms with Gasteiger partial charge >= 0.3 is 0 Å². The molecule has 0 bridgehead atoms. The van der Waals surface area contributed by atoms with E-state index in [-0.39, 0.29) is 40.8 Å². The first-order valence-electron chi connectivity index (χ1n) is 9.66. The molecule has 2 aromatic carbocycles. The Bertz CT molecular complexity index is 591. The van der Waals surface area contributed by atoms with Crippen molar-refractivity contribution in [3.05, 3.63) is 77.8 Å². The second-order valence-corrected chi connectivity index (χ2v) is 7.03.